The maximum atomic E-state index is 12.0. The first kappa shape index (κ1) is 20.9. The number of hydrogen-bond donors (Lipinski definition) is 0. The van der Waals surface area contributed by atoms with Gasteiger partial charge in [0.25, 0.3) is 0 Å². The molecule has 0 saturated carbocycles. The van der Waals surface area contributed by atoms with E-state index < -0.39 is 6.10 Å². The number of ether oxygens (including phenoxy) is 3. The van der Waals surface area contributed by atoms with Crippen LogP contribution in [-0.2, 0) is 20.7 Å². The molecule has 5 heteroatoms. The van der Waals surface area contributed by atoms with Gasteiger partial charge in [0.2, 0.25) is 0 Å². The lowest BCUT2D eigenvalue weighted by Gasteiger charge is -2.15. The minimum atomic E-state index is -0.591. The smallest absolute Gasteiger partial charge is 0.335 e. The Morgan fingerprint density at radius 2 is 1.74 bits per heavy atom. The summed E-state index contributed by atoms with van der Waals surface area (Å²) in [5.74, 6) is 1.32. The van der Waals surface area contributed by atoms with Gasteiger partial charge in [-0.3, -0.25) is 0 Å². The molecule has 0 aliphatic heterocycles. The number of carbonyl (C=O) groups excluding carboxylic acids is 1. The summed E-state index contributed by atoms with van der Waals surface area (Å²) in [5, 5.41) is 0. The number of rotatable bonds is 9. The van der Waals surface area contributed by atoms with E-state index in [4.69, 9.17) is 18.6 Å². The van der Waals surface area contributed by atoms with Crippen molar-refractivity contribution in [1.29, 1.82) is 0 Å². The van der Waals surface area contributed by atoms with Crippen LogP contribution in [0.1, 0.15) is 30.7 Å². The molecule has 0 bridgehead atoms. The van der Waals surface area contributed by atoms with Crippen molar-refractivity contribution >= 4 is 11.5 Å². The SMILES string of the molecule is CCOC(=O)C(Cc1ccc(OCC=C2c3ccccc3-c3ccoc32)cc1)OCC. The normalized spacial score (nSPS) is 14.2. The Labute approximate surface area is 182 Å². The van der Waals surface area contributed by atoms with E-state index in [1.165, 1.54) is 5.56 Å². The highest BCUT2D eigenvalue weighted by atomic mass is 16.6. The minimum Gasteiger partial charge on any atom is -0.490 e. The summed E-state index contributed by atoms with van der Waals surface area (Å²) in [5.41, 5.74) is 5.52. The second-order valence-corrected chi connectivity index (χ2v) is 7.18. The van der Waals surface area contributed by atoms with Crippen molar-refractivity contribution in [2.75, 3.05) is 19.8 Å². The molecule has 3 aromatic rings. The quantitative estimate of drug-likeness (QED) is 0.346. The van der Waals surface area contributed by atoms with Crippen molar-refractivity contribution in [2.45, 2.75) is 26.4 Å². The lowest BCUT2D eigenvalue weighted by atomic mass is 10.1. The highest BCUT2D eigenvalue weighted by Gasteiger charge is 2.25. The molecule has 0 N–H and O–H groups in total. The molecule has 0 spiro atoms. The Bertz CT molecular complexity index is 1060. The number of furan rings is 1. The van der Waals surface area contributed by atoms with Crippen LogP contribution in [0.15, 0.2) is 71.4 Å². The lowest BCUT2D eigenvalue weighted by molar-refractivity contribution is -0.156. The average Bonchev–Trinajstić information content (AvgIpc) is 3.37. The molecule has 31 heavy (non-hydrogen) atoms. The third-order valence-electron chi connectivity index (χ3n) is 5.22. The number of esters is 1. The fraction of sp³-hybridized carbons (Fsp3) is 0.269. The highest BCUT2D eigenvalue weighted by Crippen LogP contribution is 2.44. The summed E-state index contributed by atoms with van der Waals surface area (Å²) in [7, 11) is 0. The molecule has 0 saturated heterocycles. The monoisotopic (exact) mass is 418 g/mol. The van der Waals surface area contributed by atoms with Gasteiger partial charge >= 0.3 is 5.97 Å². The van der Waals surface area contributed by atoms with Crippen LogP contribution in [0.25, 0.3) is 16.7 Å². The summed E-state index contributed by atoms with van der Waals surface area (Å²) < 4.78 is 22.3. The molecule has 1 heterocycles. The van der Waals surface area contributed by atoms with E-state index in [9.17, 15) is 4.79 Å². The fourth-order valence-corrected chi connectivity index (χ4v) is 3.81. The molecule has 4 rings (SSSR count). The zero-order valence-corrected chi connectivity index (χ0v) is 17.8. The van der Waals surface area contributed by atoms with Crippen LogP contribution >= 0.6 is 0 Å². The molecule has 2 aromatic carbocycles. The highest BCUT2D eigenvalue weighted by molar-refractivity contribution is 5.99. The molecule has 0 fully saturated rings. The molecule has 1 unspecified atom stereocenters. The third kappa shape index (κ3) is 4.57. The van der Waals surface area contributed by atoms with Gasteiger partial charge in [0.15, 0.2) is 6.10 Å². The summed E-state index contributed by atoms with van der Waals surface area (Å²) >= 11 is 0. The molecular weight excluding hydrogens is 392 g/mol. The first-order valence-electron chi connectivity index (χ1n) is 10.6. The van der Waals surface area contributed by atoms with Crippen LogP contribution in [0.4, 0.5) is 0 Å². The first-order chi connectivity index (χ1) is 15.2. The standard InChI is InChI=1S/C26H26O5/c1-3-28-24(26(27)29-4-2)17-18-9-11-19(12-10-18)30-15-13-22-20-7-5-6-8-21(20)23-14-16-31-25(22)23/h5-14,16,24H,3-4,15,17H2,1-2H3. The summed E-state index contributed by atoms with van der Waals surface area (Å²) in [6.07, 6.45) is 3.65. The number of benzene rings is 2. The van der Waals surface area contributed by atoms with Gasteiger partial charge in [-0.05, 0) is 54.8 Å². The van der Waals surface area contributed by atoms with Gasteiger partial charge in [0, 0.05) is 24.2 Å². The Morgan fingerprint density at radius 3 is 2.48 bits per heavy atom. The van der Waals surface area contributed by atoms with E-state index in [2.05, 4.69) is 12.1 Å². The topological polar surface area (TPSA) is 57.9 Å². The maximum absolute atomic E-state index is 12.0. The van der Waals surface area contributed by atoms with E-state index in [0.29, 0.717) is 26.2 Å². The number of fused-ring (bicyclic) bond motifs is 3. The summed E-state index contributed by atoms with van der Waals surface area (Å²) in [4.78, 5) is 12.0. The van der Waals surface area contributed by atoms with Gasteiger partial charge in [-0.25, -0.2) is 4.79 Å². The minimum absolute atomic E-state index is 0.328. The van der Waals surface area contributed by atoms with Crippen molar-refractivity contribution in [3.05, 3.63) is 83.8 Å². The van der Waals surface area contributed by atoms with Crippen LogP contribution in [0, 0.1) is 0 Å². The van der Waals surface area contributed by atoms with Gasteiger partial charge in [-0.1, -0.05) is 36.4 Å². The lowest BCUT2D eigenvalue weighted by Crippen LogP contribution is -2.28. The Kier molecular flexibility index (Phi) is 6.53. The Balaban J connectivity index is 1.40. The van der Waals surface area contributed by atoms with E-state index >= 15 is 0 Å². The van der Waals surface area contributed by atoms with Gasteiger partial charge in [0.05, 0.1) is 12.9 Å². The Hall–Kier alpha value is -3.31. The van der Waals surface area contributed by atoms with Crippen LogP contribution in [0.2, 0.25) is 0 Å². The maximum Gasteiger partial charge on any atom is 0.335 e. The van der Waals surface area contributed by atoms with E-state index in [0.717, 1.165) is 33.8 Å². The molecule has 0 amide bonds. The van der Waals surface area contributed by atoms with E-state index in [1.807, 2.05) is 55.5 Å². The van der Waals surface area contributed by atoms with E-state index in [-0.39, 0.29) is 5.97 Å². The number of hydrogen-bond acceptors (Lipinski definition) is 5. The first-order valence-corrected chi connectivity index (χ1v) is 10.6. The van der Waals surface area contributed by atoms with Gasteiger partial charge in [-0.2, -0.15) is 0 Å². The van der Waals surface area contributed by atoms with Crippen molar-refractivity contribution in [1.82, 2.24) is 0 Å². The summed E-state index contributed by atoms with van der Waals surface area (Å²) in [6, 6.07) is 18.0. The van der Waals surface area contributed by atoms with Gasteiger partial charge < -0.3 is 18.6 Å². The van der Waals surface area contributed by atoms with Gasteiger partial charge in [0.1, 0.15) is 18.1 Å². The van der Waals surface area contributed by atoms with E-state index in [1.54, 1.807) is 13.2 Å². The largest absolute Gasteiger partial charge is 0.490 e. The summed E-state index contributed by atoms with van der Waals surface area (Å²) in [6.45, 7) is 4.88. The average molecular weight is 418 g/mol. The zero-order chi connectivity index (χ0) is 21.6. The van der Waals surface area contributed by atoms with Gasteiger partial charge in [-0.15, -0.1) is 0 Å². The van der Waals surface area contributed by atoms with Crippen LogP contribution in [0.5, 0.6) is 5.75 Å². The van der Waals surface area contributed by atoms with Crippen LogP contribution < -0.4 is 4.74 Å². The number of carbonyl (C=O) groups is 1. The predicted octanol–water partition coefficient (Wildman–Crippen LogP) is 5.28. The Morgan fingerprint density at radius 1 is 0.968 bits per heavy atom. The molecule has 1 aliphatic rings. The van der Waals surface area contributed by atoms with Crippen LogP contribution in [0.3, 0.4) is 0 Å². The van der Waals surface area contributed by atoms with Crippen molar-refractivity contribution in [3.8, 4) is 16.9 Å². The molecule has 1 atom stereocenters. The second-order valence-electron chi connectivity index (χ2n) is 7.18. The van der Waals surface area contributed by atoms with Crippen LogP contribution in [-0.4, -0.2) is 31.9 Å². The third-order valence-corrected chi connectivity index (χ3v) is 5.22. The molecule has 5 nitrogen and oxygen atoms in total. The molecule has 0 radical (unpaired) electrons. The second kappa shape index (κ2) is 9.67. The fourth-order valence-electron chi connectivity index (χ4n) is 3.81. The molecular formula is C26H26O5. The van der Waals surface area contributed by atoms with Crippen molar-refractivity contribution in [2.24, 2.45) is 0 Å². The molecule has 1 aliphatic carbocycles. The van der Waals surface area contributed by atoms with Crippen molar-refractivity contribution in [3.63, 3.8) is 0 Å². The van der Waals surface area contributed by atoms with Crippen molar-refractivity contribution < 1.29 is 23.4 Å². The predicted molar refractivity (Wildman–Crippen MR) is 119 cm³/mol. The molecule has 160 valence electrons. The molecule has 1 aromatic heterocycles. The zero-order valence-electron chi connectivity index (χ0n) is 17.8.